The number of imidazole rings is 1. The Morgan fingerprint density at radius 3 is 3.22 bits per heavy atom. The van der Waals surface area contributed by atoms with Crippen LogP contribution in [0, 0.1) is 0 Å². The third kappa shape index (κ3) is 4.21. The molecule has 1 amide bonds. The first-order valence-electron chi connectivity index (χ1n) is 5.75. The number of ether oxygens (including phenoxy) is 1. The SMILES string of the molecule is O=C(NCc1cccs1)OCCCc1cnc[nH]1. The highest BCUT2D eigenvalue weighted by atomic mass is 32.1. The Morgan fingerprint density at radius 2 is 2.50 bits per heavy atom. The predicted molar refractivity (Wildman–Crippen MR) is 69.4 cm³/mol. The van der Waals surface area contributed by atoms with Gasteiger partial charge in [-0.1, -0.05) is 6.07 Å². The summed E-state index contributed by atoms with van der Waals surface area (Å²) < 4.78 is 5.06. The van der Waals surface area contributed by atoms with Crippen molar-refractivity contribution in [2.45, 2.75) is 19.4 Å². The van der Waals surface area contributed by atoms with E-state index >= 15 is 0 Å². The Bertz CT molecular complexity index is 454. The zero-order valence-corrected chi connectivity index (χ0v) is 10.7. The molecule has 2 aromatic heterocycles. The lowest BCUT2D eigenvalue weighted by Crippen LogP contribution is -2.23. The average Bonchev–Trinajstić information content (AvgIpc) is 3.04. The summed E-state index contributed by atoms with van der Waals surface area (Å²) in [5.41, 5.74) is 1.05. The van der Waals surface area contributed by atoms with Gasteiger partial charge in [0, 0.05) is 16.8 Å². The molecule has 0 aromatic carbocycles. The summed E-state index contributed by atoms with van der Waals surface area (Å²) in [5, 5.41) is 4.69. The molecule has 2 heterocycles. The van der Waals surface area contributed by atoms with E-state index in [2.05, 4.69) is 15.3 Å². The summed E-state index contributed by atoms with van der Waals surface area (Å²) in [6.45, 7) is 0.937. The minimum atomic E-state index is -0.368. The van der Waals surface area contributed by atoms with E-state index in [1.54, 1.807) is 23.9 Å². The van der Waals surface area contributed by atoms with Gasteiger partial charge >= 0.3 is 6.09 Å². The fourth-order valence-corrected chi connectivity index (χ4v) is 2.12. The van der Waals surface area contributed by atoms with E-state index in [-0.39, 0.29) is 6.09 Å². The lowest BCUT2D eigenvalue weighted by Gasteiger charge is -2.05. The van der Waals surface area contributed by atoms with Crippen LogP contribution in [0.5, 0.6) is 0 Å². The van der Waals surface area contributed by atoms with Crippen LogP contribution in [0.3, 0.4) is 0 Å². The number of nitrogens with one attached hydrogen (secondary N) is 2. The first kappa shape index (κ1) is 12.6. The Hall–Kier alpha value is -1.82. The largest absolute Gasteiger partial charge is 0.450 e. The van der Waals surface area contributed by atoms with Gasteiger partial charge in [0.25, 0.3) is 0 Å². The number of aryl methyl sites for hydroxylation is 1. The topological polar surface area (TPSA) is 67.0 Å². The Kier molecular flexibility index (Phi) is 4.78. The maximum absolute atomic E-state index is 11.4. The van der Waals surface area contributed by atoms with Crippen molar-refractivity contribution < 1.29 is 9.53 Å². The molecule has 0 unspecified atom stereocenters. The zero-order chi connectivity index (χ0) is 12.6. The van der Waals surface area contributed by atoms with E-state index < -0.39 is 0 Å². The maximum atomic E-state index is 11.4. The molecular formula is C12H15N3O2S. The second-order valence-electron chi connectivity index (χ2n) is 3.75. The van der Waals surface area contributed by atoms with Gasteiger partial charge < -0.3 is 15.0 Å². The summed E-state index contributed by atoms with van der Waals surface area (Å²) in [6, 6.07) is 3.93. The molecule has 0 atom stereocenters. The molecule has 18 heavy (non-hydrogen) atoms. The molecule has 6 heteroatoms. The van der Waals surface area contributed by atoms with Gasteiger partial charge in [0.05, 0.1) is 19.5 Å². The van der Waals surface area contributed by atoms with E-state index in [0.717, 1.165) is 23.4 Å². The highest BCUT2D eigenvalue weighted by Crippen LogP contribution is 2.07. The van der Waals surface area contributed by atoms with Crippen molar-refractivity contribution >= 4 is 17.4 Å². The molecule has 2 rings (SSSR count). The third-order valence-electron chi connectivity index (χ3n) is 2.37. The van der Waals surface area contributed by atoms with Gasteiger partial charge in [-0.2, -0.15) is 0 Å². The number of amides is 1. The van der Waals surface area contributed by atoms with Gasteiger partial charge in [0.1, 0.15) is 0 Å². The molecule has 96 valence electrons. The maximum Gasteiger partial charge on any atom is 0.407 e. The third-order valence-corrected chi connectivity index (χ3v) is 3.24. The summed E-state index contributed by atoms with van der Waals surface area (Å²) in [5.74, 6) is 0. The number of nitrogens with zero attached hydrogens (tertiary/aromatic N) is 1. The van der Waals surface area contributed by atoms with Crippen molar-refractivity contribution in [1.82, 2.24) is 15.3 Å². The van der Waals surface area contributed by atoms with Gasteiger partial charge in [0.15, 0.2) is 0 Å². The second kappa shape index (κ2) is 6.80. The molecule has 0 fully saturated rings. The van der Waals surface area contributed by atoms with E-state index in [9.17, 15) is 4.79 Å². The van der Waals surface area contributed by atoms with Gasteiger partial charge in [-0.3, -0.25) is 0 Å². The fourth-order valence-electron chi connectivity index (χ4n) is 1.47. The minimum Gasteiger partial charge on any atom is -0.450 e. The van der Waals surface area contributed by atoms with Crippen molar-refractivity contribution in [2.24, 2.45) is 0 Å². The number of rotatable bonds is 6. The van der Waals surface area contributed by atoms with E-state index in [1.165, 1.54) is 0 Å². The lowest BCUT2D eigenvalue weighted by atomic mass is 10.3. The molecule has 2 aromatic rings. The number of aromatic nitrogens is 2. The van der Waals surface area contributed by atoms with Crippen molar-refractivity contribution in [2.75, 3.05) is 6.61 Å². The van der Waals surface area contributed by atoms with E-state index in [4.69, 9.17) is 4.74 Å². The summed E-state index contributed by atoms with van der Waals surface area (Å²) in [4.78, 5) is 19.4. The normalized spacial score (nSPS) is 10.2. The lowest BCUT2D eigenvalue weighted by molar-refractivity contribution is 0.144. The molecule has 2 N–H and O–H groups in total. The van der Waals surface area contributed by atoms with Crippen LogP contribution >= 0.6 is 11.3 Å². The fraction of sp³-hybridized carbons (Fsp3) is 0.333. The smallest absolute Gasteiger partial charge is 0.407 e. The molecule has 0 bridgehead atoms. The molecule has 0 aliphatic rings. The molecule has 0 aliphatic heterocycles. The number of alkyl carbamates (subject to hydrolysis) is 1. The summed E-state index contributed by atoms with van der Waals surface area (Å²) >= 11 is 1.61. The van der Waals surface area contributed by atoms with Gasteiger partial charge in [0.2, 0.25) is 0 Å². The second-order valence-corrected chi connectivity index (χ2v) is 4.78. The van der Waals surface area contributed by atoms with Gasteiger partial charge in [-0.05, 0) is 24.3 Å². The number of hydrogen-bond acceptors (Lipinski definition) is 4. The van der Waals surface area contributed by atoms with E-state index in [0.29, 0.717) is 13.2 Å². The number of carbonyl (C=O) groups is 1. The Labute approximate surface area is 109 Å². The molecule has 0 radical (unpaired) electrons. The molecule has 0 aliphatic carbocycles. The van der Waals surface area contributed by atoms with Crippen molar-refractivity contribution in [3.63, 3.8) is 0 Å². The quantitative estimate of drug-likeness (QED) is 0.788. The van der Waals surface area contributed by atoms with Crippen LogP contribution < -0.4 is 5.32 Å². The van der Waals surface area contributed by atoms with Crippen molar-refractivity contribution in [3.05, 3.63) is 40.6 Å². The minimum absolute atomic E-state index is 0.368. The highest BCUT2D eigenvalue weighted by molar-refractivity contribution is 7.09. The van der Waals surface area contributed by atoms with Crippen LogP contribution in [0.1, 0.15) is 17.0 Å². The molecule has 5 nitrogen and oxygen atoms in total. The number of H-pyrrole nitrogens is 1. The van der Waals surface area contributed by atoms with Crippen LogP contribution in [0.4, 0.5) is 4.79 Å². The van der Waals surface area contributed by atoms with Crippen LogP contribution in [0.15, 0.2) is 30.0 Å². The van der Waals surface area contributed by atoms with Crippen LogP contribution in [0.2, 0.25) is 0 Å². The molecule has 0 saturated carbocycles. The predicted octanol–water partition coefficient (Wildman–Crippen LogP) is 2.33. The number of thiophene rings is 1. The Morgan fingerprint density at radius 1 is 1.56 bits per heavy atom. The number of hydrogen-bond donors (Lipinski definition) is 2. The Balaban J connectivity index is 1.55. The van der Waals surface area contributed by atoms with Crippen molar-refractivity contribution in [1.29, 1.82) is 0 Å². The van der Waals surface area contributed by atoms with Crippen LogP contribution in [-0.2, 0) is 17.7 Å². The van der Waals surface area contributed by atoms with Gasteiger partial charge in [-0.15, -0.1) is 11.3 Å². The number of carbonyl (C=O) groups excluding carboxylic acids is 1. The average molecular weight is 265 g/mol. The van der Waals surface area contributed by atoms with Crippen LogP contribution in [-0.4, -0.2) is 22.7 Å². The summed E-state index contributed by atoms with van der Waals surface area (Å²) in [6.07, 6.45) is 4.67. The first-order chi connectivity index (χ1) is 8.84. The monoisotopic (exact) mass is 265 g/mol. The molecule has 0 saturated heterocycles. The highest BCUT2D eigenvalue weighted by Gasteiger charge is 2.02. The van der Waals surface area contributed by atoms with E-state index in [1.807, 2.05) is 17.5 Å². The van der Waals surface area contributed by atoms with Crippen molar-refractivity contribution in [3.8, 4) is 0 Å². The standard InChI is InChI=1S/C12H15N3O2S/c16-12(14-8-11-4-2-6-18-11)17-5-1-3-10-7-13-9-15-10/h2,4,6-7,9H,1,3,5,8H2,(H,13,15)(H,14,16). The van der Waals surface area contributed by atoms with Crippen LogP contribution in [0.25, 0.3) is 0 Å². The number of aromatic amines is 1. The zero-order valence-electron chi connectivity index (χ0n) is 9.89. The molecular weight excluding hydrogens is 250 g/mol. The summed E-state index contributed by atoms with van der Waals surface area (Å²) in [7, 11) is 0. The molecule has 0 spiro atoms. The van der Waals surface area contributed by atoms with Gasteiger partial charge in [-0.25, -0.2) is 9.78 Å². The first-order valence-corrected chi connectivity index (χ1v) is 6.63.